The minimum absolute atomic E-state index is 0.743. The molecule has 0 saturated heterocycles. The van der Waals surface area contributed by atoms with Gasteiger partial charge in [-0.25, -0.2) is 0 Å². The van der Waals surface area contributed by atoms with E-state index in [4.69, 9.17) is 11.6 Å². The molecule has 1 unspecified atom stereocenters. The van der Waals surface area contributed by atoms with E-state index < -0.39 is 0 Å². The molecule has 0 aliphatic carbocycles. The molecule has 0 aliphatic heterocycles. The molecule has 15 heavy (non-hydrogen) atoms. The number of hydrogen-bond acceptors (Lipinski definition) is 2. The first-order valence-corrected chi connectivity index (χ1v) is 6.95. The van der Waals surface area contributed by atoms with Crippen LogP contribution in [0.15, 0.2) is 16.8 Å². The molecule has 1 atom stereocenters. The Hall–Kier alpha value is -0.0500. The summed E-state index contributed by atoms with van der Waals surface area (Å²) in [5.41, 5.74) is 1.42. The Bertz CT molecular complexity index is 248. The van der Waals surface area contributed by atoms with Crippen molar-refractivity contribution in [1.82, 2.24) is 4.90 Å². The monoisotopic (exact) mass is 245 g/mol. The topological polar surface area (TPSA) is 3.24 Å². The highest BCUT2D eigenvalue weighted by Gasteiger charge is 2.04. The van der Waals surface area contributed by atoms with Gasteiger partial charge in [0.15, 0.2) is 0 Å². The second-order valence-corrected chi connectivity index (χ2v) is 5.40. The van der Waals surface area contributed by atoms with Gasteiger partial charge in [-0.3, -0.25) is 0 Å². The van der Waals surface area contributed by atoms with Gasteiger partial charge in [-0.05, 0) is 54.7 Å². The number of nitrogens with zero attached hydrogens (tertiary/aromatic N) is 1. The predicted octanol–water partition coefficient (Wildman–Crippen LogP) is 3.84. The van der Waals surface area contributed by atoms with E-state index in [0.717, 1.165) is 31.3 Å². The number of hydrogen-bond donors (Lipinski definition) is 0. The standard InChI is InChI=1S/C12H20ClNS/c1-11(3-6-13)4-7-14(2)9-12-5-8-15-10-12/h5,8,10-11H,3-4,6-7,9H2,1-2H3. The average molecular weight is 246 g/mol. The van der Waals surface area contributed by atoms with Gasteiger partial charge in [0.1, 0.15) is 0 Å². The van der Waals surface area contributed by atoms with Gasteiger partial charge in [0.05, 0.1) is 0 Å². The molecule has 1 aromatic heterocycles. The third kappa shape index (κ3) is 5.55. The Morgan fingerprint density at radius 3 is 2.87 bits per heavy atom. The summed E-state index contributed by atoms with van der Waals surface area (Å²) in [4.78, 5) is 2.38. The van der Waals surface area contributed by atoms with Gasteiger partial charge in [0.25, 0.3) is 0 Å². The van der Waals surface area contributed by atoms with Crippen LogP contribution in [0, 0.1) is 5.92 Å². The fourth-order valence-electron chi connectivity index (χ4n) is 1.54. The van der Waals surface area contributed by atoms with Gasteiger partial charge in [-0.2, -0.15) is 11.3 Å². The van der Waals surface area contributed by atoms with E-state index in [1.165, 1.54) is 12.0 Å². The minimum Gasteiger partial charge on any atom is -0.302 e. The van der Waals surface area contributed by atoms with Gasteiger partial charge in [-0.15, -0.1) is 11.6 Å². The molecule has 1 aromatic rings. The lowest BCUT2D eigenvalue weighted by atomic mass is 10.1. The van der Waals surface area contributed by atoms with Crippen molar-refractivity contribution in [3.8, 4) is 0 Å². The average Bonchev–Trinajstić information content (AvgIpc) is 2.68. The maximum atomic E-state index is 5.71. The second-order valence-electron chi connectivity index (χ2n) is 4.24. The molecular formula is C12H20ClNS. The van der Waals surface area contributed by atoms with E-state index in [1.807, 2.05) is 0 Å². The number of alkyl halides is 1. The zero-order valence-electron chi connectivity index (χ0n) is 9.58. The quantitative estimate of drug-likeness (QED) is 0.660. The van der Waals surface area contributed by atoms with Crippen LogP contribution < -0.4 is 0 Å². The molecule has 0 fully saturated rings. The number of halogens is 1. The lowest BCUT2D eigenvalue weighted by molar-refractivity contribution is 0.297. The van der Waals surface area contributed by atoms with Crippen molar-refractivity contribution in [2.45, 2.75) is 26.3 Å². The van der Waals surface area contributed by atoms with Gasteiger partial charge >= 0.3 is 0 Å². The van der Waals surface area contributed by atoms with Crippen molar-refractivity contribution < 1.29 is 0 Å². The van der Waals surface area contributed by atoms with E-state index in [1.54, 1.807) is 11.3 Å². The summed E-state index contributed by atoms with van der Waals surface area (Å²) in [5.74, 6) is 1.53. The second kappa shape index (κ2) is 7.26. The van der Waals surface area contributed by atoms with Crippen molar-refractivity contribution in [3.63, 3.8) is 0 Å². The summed E-state index contributed by atoms with van der Waals surface area (Å²) in [6.07, 6.45) is 2.38. The Kier molecular flexibility index (Phi) is 6.30. The van der Waals surface area contributed by atoms with Crippen LogP contribution in [0.1, 0.15) is 25.3 Å². The summed E-state index contributed by atoms with van der Waals surface area (Å²) in [6.45, 7) is 4.51. The molecule has 0 aliphatic rings. The number of rotatable bonds is 7. The van der Waals surface area contributed by atoms with Crippen molar-refractivity contribution in [1.29, 1.82) is 0 Å². The van der Waals surface area contributed by atoms with Crippen LogP contribution in [0.2, 0.25) is 0 Å². The highest BCUT2D eigenvalue weighted by molar-refractivity contribution is 7.07. The molecule has 0 N–H and O–H groups in total. The third-order valence-corrected chi connectivity index (χ3v) is 3.59. The molecule has 1 nitrogen and oxygen atoms in total. The number of thiophene rings is 1. The first kappa shape index (κ1) is 13.0. The maximum absolute atomic E-state index is 5.71. The van der Waals surface area contributed by atoms with Gasteiger partial charge < -0.3 is 4.90 Å². The van der Waals surface area contributed by atoms with E-state index >= 15 is 0 Å². The summed E-state index contributed by atoms with van der Waals surface area (Å²) < 4.78 is 0. The van der Waals surface area contributed by atoms with E-state index in [9.17, 15) is 0 Å². The summed E-state index contributed by atoms with van der Waals surface area (Å²) in [7, 11) is 2.19. The Labute approximate surface area is 102 Å². The largest absolute Gasteiger partial charge is 0.302 e. The Morgan fingerprint density at radius 2 is 2.27 bits per heavy atom. The maximum Gasteiger partial charge on any atom is 0.0238 e. The normalized spacial score (nSPS) is 13.3. The molecule has 0 aromatic carbocycles. The Morgan fingerprint density at radius 1 is 1.47 bits per heavy atom. The zero-order chi connectivity index (χ0) is 11.1. The minimum atomic E-state index is 0.743. The van der Waals surface area contributed by atoms with Crippen LogP contribution in [0.4, 0.5) is 0 Å². The molecule has 1 rings (SSSR count). The third-order valence-electron chi connectivity index (χ3n) is 2.64. The van der Waals surface area contributed by atoms with Crippen LogP contribution in [-0.4, -0.2) is 24.4 Å². The van der Waals surface area contributed by atoms with Crippen molar-refractivity contribution in [3.05, 3.63) is 22.4 Å². The van der Waals surface area contributed by atoms with E-state index in [0.29, 0.717) is 0 Å². The highest BCUT2D eigenvalue weighted by Crippen LogP contribution is 2.12. The lowest BCUT2D eigenvalue weighted by Gasteiger charge is -2.18. The fourth-order valence-corrected chi connectivity index (χ4v) is 2.58. The van der Waals surface area contributed by atoms with Crippen molar-refractivity contribution in [2.24, 2.45) is 5.92 Å². The van der Waals surface area contributed by atoms with Gasteiger partial charge in [0.2, 0.25) is 0 Å². The molecule has 86 valence electrons. The van der Waals surface area contributed by atoms with Crippen LogP contribution in [-0.2, 0) is 6.54 Å². The van der Waals surface area contributed by atoms with Crippen LogP contribution >= 0.6 is 22.9 Å². The molecule has 0 bridgehead atoms. The smallest absolute Gasteiger partial charge is 0.0238 e. The Balaban J connectivity index is 2.16. The van der Waals surface area contributed by atoms with Crippen LogP contribution in [0.5, 0.6) is 0 Å². The highest BCUT2D eigenvalue weighted by atomic mass is 35.5. The molecule has 3 heteroatoms. The predicted molar refractivity (Wildman–Crippen MR) is 69.8 cm³/mol. The van der Waals surface area contributed by atoms with E-state index in [-0.39, 0.29) is 0 Å². The van der Waals surface area contributed by atoms with Gasteiger partial charge in [-0.1, -0.05) is 6.92 Å². The molecule has 0 saturated carbocycles. The summed E-state index contributed by atoms with van der Waals surface area (Å²) in [6, 6.07) is 2.20. The molecule has 1 heterocycles. The molecular weight excluding hydrogens is 226 g/mol. The lowest BCUT2D eigenvalue weighted by Crippen LogP contribution is -2.20. The SMILES string of the molecule is CC(CCCl)CCN(C)Cc1ccsc1. The van der Waals surface area contributed by atoms with Crippen LogP contribution in [0.3, 0.4) is 0 Å². The zero-order valence-corrected chi connectivity index (χ0v) is 11.2. The summed E-state index contributed by atoms with van der Waals surface area (Å²) >= 11 is 7.48. The van der Waals surface area contributed by atoms with Gasteiger partial charge in [0, 0.05) is 12.4 Å². The molecule has 0 amide bonds. The molecule has 0 radical (unpaired) electrons. The summed E-state index contributed by atoms with van der Waals surface area (Å²) in [5, 5.41) is 4.36. The van der Waals surface area contributed by atoms with Crippen molar-refractivity contribution in [2.75, 3.05) is 19.5 Å². The first-order chi connectivity index (χ1) is 7.22. The molecule has 0 spiro atoms. The van der Waals surface area contributed by atoms with E-state index in [2.05, 4.69) is 35.7 Å². The fraction of sp³-hybridized carbons (Fsp3) is 0.667. The van der Waals surface area contributed by atoms with Crippen LogP contribution in [0.25, 0.3) is 0 Å². The van der Waals surface area contributed by atoms with Crippen molar-refractivity contribution >= 4 is 22.9 Å². The first-order valence-electron chi connectivity index (χ1n) is 5.48.